The van der Waals surface area contributed by atoms with Crippen LogP contribution in [0.2, 0.25) is 0 Å². The van der Waals surface area contributed by atoms with Crippen LogP contribution in [0.5, 0.6) is 11.5 Å². The number of ether oxygens (including phenoxy) is 3. The van der Waals surface area contributed by atoms with Crippen molar-refractivity contribution in [2.75, 3.05) is 19.2 Å². The van der Waals surface area contributed by atoms with Crippen LogP contribution >= 0.6 is 11.8 Å². The maximum atomic E-state index is 10.2. The lowest BCUT2D eigenvalue weighted by Gasteiger charge is -2.12. The minimum atomic E-state index is -0.638. The number of benzene rings is 2. The largest absolute Gasteiger partial charge is 0.454 e. The van der Waals surface area contributed by atoms with E-state index in [1.165, 1.54) is 11.8 Å². The number of rotatable bonds is 8. The Labute approximate surface area is 166 Å². The summed E-state index contributed by atoms with van der Waals surface area (Å²) in [6, 6.07) is 13.5. The maximum Gasteiger partial charge on any atom is 0.231 e. The summed E-state index contributed by atoms with van der Waals surface area (Å²) in [6.07, 6.45) is -0.638. The molecule has 0 unspecified atom stereocenters. The summed E-state index contributed by atoms with van der Waals surface area (Å²) in [5.74, 6) is 1.89. The van der Waals surface area contributed by atoms with Gasteiger partial charge in [0.2, 0.25) is 11.9 Å². The summed E-state index contributed by atoms with van der Waals surface area (Å²) in [6.45, 7) is 2.86. The molecular weight excluding hydrogens is 380 g/mol. The van der Waals surface area contributed by atoms with Gasteiger partial charge in [-0.05, 0) is 46.7 Å². The molecule has 1 aromatic heterocycles. The molecule has 0 fully saturated rings. The van der Waals surface area contributed by atoms with Crippen molar-refractivity contribution in [3.8, 4) is 17.2 Å². The number of para-hydroxylation sites is 1. The highest BCUT2D eigenvalue weighted by Gasteiger charge is 2.15. The topological polar surface area (TPSA) is 91.5 Å². The minimum Gasteiger partial charge on any atom is -0.454 e. The second-order valence-electron chi connectivity index (χ2n) is 6.33. The molecule has 8 nitrogen and oxygen atoms in total. The van der Waals surface area contributed by atoms with E-state index in [-0.39, 0.29) is 13.4 Å². The number of aryl methyl sites for hydroxylation is 1. The molecule has 3 aromatic rings. The van der Waals surface area contributed by atoms with Crippen molar-refractivity contribution in [2.24, 2.45) is 0 Å². The molecule has 4 rings (SSSR count). The maximum absolute atomic E-state index is 10.2. The van der Waals surface area contributed by atoms with Gasteiger partial charge in [-0.3, -0.25) is 0 Å². The molecule has 0 saturated carbocycles. The Morgan fingerprint density at radius 1 is 1.21 bits per heavy atom. The molecule has 146 valence electrons. The zero-order chi connectivity index (χ0) is 19.3. The van der Waals surface area contributed by atoms with Crippen LogP contribution in [0.4, 0.5) is 0 Å². The molecule has 2 heterocycles. The van der Waals surface area contributed by atoms with Gasteiger partial charge in [0.15, 0.2) is 11.5 Å². The molecule has 0 aliphatic carbocycles. The van der Waals surface area contributed by atoms with Gasteiger partial charge in [0.05, 0.1) is 25.0 Å². The van der Waals surface area contributed by atoms with E-state index in [0.29, 0.717) is 17.5 Å². The molecule has 28 heavy (non-hydrogen) atoms. The third kappa shape index (κ3) is 4.27. The fourth-order valence-corrected chi connectivity index (χ4v) is 3.57. The molecule has 1 N–H and O–H groups in total. The Morgan fingerprint density at radius 2 is 2.07 bits per heavy atom. The van der Waals surface area contributed by atoms with Crippen LogP contribution in [0, 0.1) is 6.92 Å². The number of tetrazole rings is 1. The summed E-state index contributed by atoms with van der Waals surface area (Å²) in [7, 11) is 0. The van der Waals surface area contributed by atoms with Gasteiger partial charge in [0.25, 0.3) is 0 Å². The third-order valence-corrected chi connectivity index (χ3v) is 5.27. The molecule has 0 radical (unpaired) electrons. The molecule has 0 bridgehead atoms. The van der Waals surface area contributed by atoms with Gasteiger partial charge >= 0.3 is 0 Å². The van der Waals surface area contributed by atoms with Crippen molar-refractivity contribution >= 4 is 11.8 Å². The molecule has 0 spiro atoms. The van der Waals surface area contributed by atoms with Crippen LogP contribution in [0.1, 0.15) is 11.1 Å². The smallest absolute Gasteiger partial charge is 0.231 e. The van der Waals surface area contributed by atoms with Crippen molar-refractivity contribution in [3.05, 3.63) is 53.6 Å². The standard InChI is InChI=1S/C19H20N4O4S/c1-13-4-2-3-5-16(13)23-19(20-21-22-23)28-11-15(24)10-25-9-14-6-7-17-18(8-14)27-12-26-17/h2-8,15,24H,9-12H2,1H3/t15-/m1/s1. The van der Waals surface area contributed by atoms with Gasteiger partial charge in [-0.15, -0.1) is 5.10 Å². The molecule has 9 heteroatoms. The number of thioether (sulfide) groups is 1. The Hall–Kier alpha value is -2.62. The van der Waals surface area contributed by atoms with Gasteiger partial charge < -0.3 is 19.3 Å². The lowest BCUT2D eigenvalue weighted by Crippen LogP contribution is -2.18. The van der Waals surface area contributed by atoms with Gasteiger partial charge in [-0.25, -0.2) is 0 Å². The second-order valence-corrected chi connectivity index (χ2v) is 7.31. The van der Waals surface area contributed by atoms with Crippen molar-refractivity contribution < 1.29 is 19.3 Å². The third-order valence-electron chi connectivity index (χ3n) is 4.21. The summed E-state index contributed by atoms with van der Waals surface area (Å²) >= 11 is 1.39. The fraction of sp³-hybridized carbons (Fsp3) is 0.316. The number of hydrogen-bond acceptors (Lipinski definition) is 8. The first kappa shape index (κ1) is 18.7. The number of aromatic nitrogens is 4. The van der Waals surface area contributed by atoms with Crippen molar-refractivity contribution in [2.45, 2.75) is 24.8 Å². The fourth-order valence-electron chi connectivity index (χ4n) is 2.78. The number of nitrogens with zero attached hydrogens (tertiary/aromatic N) is 4. The lowest BCUT2D eigenvalue weighted by atomic mass is 10.2. The Morgan fingerprint density at radius 3 is 2.96 bits per heavy atom. The average molecular weight is 400 g/mol. The highest BCUT2D eigenvalue weighted by molar-refractivity contribution is 7.99. The SMILES string of the molecule is Cc1ccccc1-n1nnnc1SC[C@H](O)COCc1ccc2c(c1)OCO2. The summed E-state index contributed by atoms with van der Waals surface area (Å²) < 4.78 is 17.9. The van der Waals surface area contributed by atoms with E-state index < -0.39 is 6.10 Å². The van der Waals surface area contributed by atoms with Crippen LogP contribution in [0.3, 0.4) is 0 Å². The highest BCUT2D eigenvalue weighted by Crippen LogP contribution is 2.32. The van der Waals surface area contributed by atoms with Crippen LogP contribution in [-0.2, 0) is 11.3 Å². The number of hydrogen-bond donors (Lipinski definition) is 1. The van der Waals surface area contributed by atoms with Crippen LogP contribution in [0.25, 0.3) is 5.69 Å². The van der Waals surface area contributed by atoms with Crippen LogP contribution in [0.15, 0.2) is 47.6 Å². The first-order chi connectivity index (χ1) is 13.7. The molecule has 0 amide bonds. The van der Waals surface area contributed by atoms with E-state index in [1.54, 1.807) is 4.68 Å². The average Bonchev–Trinajstić information content (AvgIpc) is 3.35. The molecule has 1 aliphatic heterocycles. The first-order valence-corrected chi connectivity index (χ1v) is 9.81. The van der Waals surface area contributed by atoms with Gasteiger partial charge in [-0.1, -0.05) is 36.0 Å². The summed E-state index contributed by atoms with van der Waals surface area (Å²) in [4.78, 5) is 0. The monoisotopic (exact) mass is 400 g/mol. The summed E-state index contributed by atoms with van der Waals surface area (Å²) in [5, 5.41) is 22.7. The Kier molecular flexibility index (Phi) is 5.75. The molecule has 0 saturated heterocycles. The quantitative estimate of drug-likeness (QED) is 0.576. The predicted octanol–water partition coefficient (Wildman–Crippen LogP) is 2.37. The van der Waals surface area contributed by atoms with E-state index in [4.69, 9.17) is 14.2 Å². The number of aliphatic hydroxyl groups excluding tert-OH is 1. The van der Waals surface area contributed by atoms with E-state index in [2.05, 4.69) is 15.5 Å². The van der Waals surface area contributed by atoms with Gasteiger partial charge in [-0.2, -0.15) is 4.68 Å². The Bertz CT molecular complexity index is 949. The van der Waals surface area contributed by atoms with Gasteiger partial charge in [0, 0.05) is 5.75 Å². The number of fused-ring (bicyclic) bond motifs is 1. The van der Waals surface area contributed by atoms with E-state index in [0.717, 1.165) is 28.3 Å². The van der Waals surface area contributed by atoms with E-state index >= 15 is 0 Å². The summed E-state index contributed by atoms with van der Waals surface area (Å²) in [5.41, 5.74) is 2.96. The second kappa shape index (κ2) is 8.59. The van der Waals surface area contributed by atoms with Crippen molar-refractivity contribution in [1.29, 1.82) is 0 Å². The van der Waals surface area contributed by atoms with E-state index in [9.17, 15) is 5.11 Å². The Balaban J connectivity index is 1.27. The minimum absolute atomic E-state index is 0.216. The van der Waals surface area contributed by atoms with Crippen molar-refractivity contribution in [3.63, 3.8) is 0 Å². The number of aliphatic hydroxyl groups is 1. The molecule has 2 aromatic carbocycles. The van der Waals surface area contributed by atoms with E-state index in [1.807, 2.05) is 49.4 Å². The zero-order valence-electron chi connectivity index (χ0n) is 15.3. The van der Waals surface area contributed by atoms with Crippen LogP contribution < -0.4 is 9.47 Å². The van der Waals surface area contributed by atoms with Crippen molar-refractivity contribution in [1.82, 2.24) is 20.2 Å². The zero-order valence-corrected chi connectivity index (χ0v) is 16.1. The molecule has 1 aliphatic rings. The highest BCUT2D eigenvalue weighted by atomic mass is 32.2. The normalized spacial score (nSPS) is 13.6. The van der Waals surface area contributed by atoms with Gasteiger partial charge in [0.1, 0.15) is 0 Å². The first-order valence-electron chi connectivity index (χ1n) is 8.82. The lowest BCUT2D eigenvalue weighted by molar-refractivity contribution is 0.0397. The van der Waals surface area contributed by atoms with Crippen LogP contribution in [-0.4, -0.2) is 50.6 Å². The predicted molar refractivity (Wildman–Crippen MR) is 103 cm³/mol. The molecular formula is C19H20N4O4S. The molecule has 1 atom stereocenters.